The van der Waals surface area contributed by atoms with Crippen LogP contribution in [0.15, 0.2) is 45.1 Å². The zero-order valence-electron chi connectivity index (χ0n) is 14.5. The number of aromatic nitrogens is 2. The molecular formula is C17H16N4O6. The first-order valence-electron chi connectivity index (χ1n) is 8.09. The van der Waals surface area contributed by atoms with Crippen molar-refractivity contribution in [3.8, 4) is 0 Å². The van der Waals surface area contributed by atoms with E-state index in [9.17, 15) is 24.5 Å². The number of H-pyrrole nitrogens is 2. The van der Waals surface area contributed by atoms with Gasteiger partial charge in [-0.1, -0.05) is 12.1 Å². The Labute approximate surface area is 152 Å². The summed E-state index contributed by atoms with van der Waals surface area (Å²) in [6.45, 7) is 3.36. The number of esters is 1. The lowest BCUT2D eigenvalue weighted by Crippen LogP contribution is -2.35. The van der Waals surface area contributed by atoms with Gasteiger partial charge < -0.3 is 10.1 Å². The lowest BCUT2D eigenvalue weighted by atomic mass is 9.82. The number of aromatic amines is 2. The SMILES string of the molecule is CCOC(=O)C1=C(C)Nc2[nH]c(=O)[nH]c(=O)c2[C@H]1c1cccc([N+](=O)[O-])c1. The molecule has 1 aromatic carbocycles. The number of anilines is 1. The van der Waals surface area contributed by atoms with Gasteiger partial charge in [-0.15, -0.1) is 0 Å². The molecule has 27 heavy (non-hydrogen) atoms. The predicted molar refractivity (Wildman–Crippen MR) is 95.6 cm³/mol. The van der Waals surface area contributed by atoms with E-state index >= 15 is 0 Å². The fourth-order valence-electron chi connectivity index (χ4n) is 3.12. The van der Waals surface area contributed by atoms with Crippen LogP contribution in [0, 0.1) is 10.1 Å². The molecule has 0 fully saturated rings. The minimum Gasteiger partial charge on any atom is -0.463 e. The molecule has 2 heterocycles. The molecule has 0 spiro atoms. The molecule has 0 saturated carbocycles. The van der Waals surface area contributed by atoms with E-state index in [2.05, 4.69) is 15.3 Å². The number of hydrogen-bond acceptors (Lipinski definition) is 7. The Morgan fingerprint density at radius 3 is 2.70 bits per heavy atom. The fraction of sp³-hybridized carbons (Fsp3) is 0.235. The Morgan fingerprint density at radius 1 is 1.30 bits per heavy atom. The molecule has 0 unspecified atom stereocenters. The third-order valence-electron chi connectivity index (χ3n) is 4.18. The first-order chi connectivity index (χ1) is 12.8. The number of carbonyl (C=O) groups is 1. The summed E-state index contributed by atoms with van der Waals surface area (Å²) in [5.41, 5.74) is -0.658. The molecule has 0 aliphatic carbocycles. The molecule has 10 nitrogen and oxygen atoms in total. The summed E-state index contributed by atoms with van der Waals surface area (Å²) in [7, 11) is 0. The Bertz CT molecular complexity index is 1080. The van der Waals surface area contributed by atoms with Gasteiger partial charge in [0.1, 0.15) is 5.82 Å². The molecule has 2 aromatic rings. The number of nitrogens with zero attached hydrogens (tertiary/aromatic N) is 1. The van der Waals surface area contributed by atoms with Crippen LogP contribution in [0.1, 0.15) is 30.9 Å². The summed E-state index contributed by atoms with van der Waals surface area (Å²) < 4.78 is 5.10. The number of benzene rings is 1. The molecule has 0 radical (unpaired) electrons. The number of fused-ring (bicyclic) bond motifs is 1. The smallest absolute Gasteiger partial charge is 0.336 e. The quantitative estimate of drug-likeness (QED) is 0.417. The van der Waals surface area contributed by atoms with Crippen molar-refractivity contribution in [1.29, 1.82) is 0 Å². The lowest BCUT2D eigenvalue weighted by Gasteiger charge is -2.28. The molecule has 0 amide bonds. The maximum absolute atomic E-state index is 12.6. The summed E-state index contributed by atoms with van der Waals surface area (Å²) in [6, 6.07) is 5.64. The third-order valence-corrected chi connectivity index (χ3v) is 4.18. The Hall–Kier alpha value is -3.69. The van der Waals surface area contributed by atoms with Gasteiger partial charge in [0.15, 0.2) is 0 Å². The van der Waals surface area contributed by atoms with Gasteiger partial charge >= 0.3 is 11.7 Å². The average molecular weight is 372 g/mol. The maximum Gasteiger partial charge on any atom is 0.336 e. The summed E-state index contributed by atoms with van der Waals surface area (Å²) in [4.78, 5) is 51.9. The minimum atomic E-state index is -0.944. The highest BCUT2D eigenvalue weighted by molar-refractivity contribution is 5.94. The number of nitrogens with one attached hydrogen (secondary N) is 3. The first kappa shape index (κ1) is 18.1. The van der Waals surface area contributed by atoms with E-state index in [0.29, 0.717) is 11.3 Å². The minimum absolute atomic E-state index is 0.0729. The zero-order valence-corrected chi connectivity index (χ0v) is 14.5. The number of nitro benzene ring substituents is 1. The first-order valence-corrected chi connectivity index (χ1v) is 8.09. The van der Waals surface area contributed by atoms with Crippen molar-refractivity contribution in [3.05, 3.63) is 77.6 Å². The van der Waals surface area contributed by atoms with Crippen LogP contribution in [-0.2, 0) is 9.53 Å². The molecule has 3 N–H and O–H groups in total. The molecule has 3 rings (SSSR count). The van der Waals surface area contributed by atoms with Gasteiger partial charge in [0, 0.05) is 17.8 Å². The molecule has 1 aliphatic heterocycles. The van der Waals surface area contributed by atoms with Crippen LogP contribution in [-0.4, -0.2) is 27.5 Å². The third kappa shape index (κ3) is 3.24. The van der Waals surface area contributed by atoms with Crippen molar-refractivity contribution in [2.24, 2.45) is 0 Å². The van der Waals surface area contributed by atoms with E-state index in [4.69, 9.17) is 4.74 Å². The van der Waals surface area contributed by atoms with Gasteiger partial charge in [-0.3, -0.25) is 24.9 Å². The zero-order chi connectivity index (χ0) is 19.7. The Balaban J connectivity index is 2.30. The van der Waals surface area contributed by atoms with Crippen LogP contribution in [0.25, 0.3) is 0 Å². The number of allylic oxidation sites excluding steroid dienone is 1. The van der Waals surface area contributed by atoms with Crippen LogP contribution in [0.4, 0.5) is 11.5 Å². The number of carbonyl (C=O) groups excluding carboxylic acids is 1. The molecule has 1 atom stereocenters. The van der Waals surface area contributed by atoms with Gasteiger partial charge in [-0.2, -0.15) is 0 Å². The van der Waals surface area contributed by atoms with Crippen molar-refractivity contribution in [1.82, 2.24) is 9.97 Å². The highest BCUT2D eigenvalue weighted by Crippen LogP contribution is 2.39. The fourth-order valence-corrected chi connectivity index (χ4v) is 3.12. The van der Waals surface area contributed by atoms with Gasteiger partial charge in [0.05, 0.1) is 28.6 Å². The average Bonchev–Trinajstić information content (AvgIpc) is 2.60. The second-order valence-corrected chi connectivity index (χ2v) is 5.87. The van der Waals surface area contributed by atoms with Crippen molar-refractivity contribution in [2.75, 3.05) is 11.9 Å². The number of non-ortho nitro benzene ring substituents is 1. The Morgan fingerprint density at radius 2 is 2.04 bits per heavy atom. The van der Waals surface area contributed by atoms with Crippen molar-refractivity contribution >= 4 is 17.5 Å². The number of hydrogen-bond donors (Lipinski definition) is 3. The second kappa shape index (κ2) is 6.90. The second-order valence-electron chi connectivity index (χ2n) is 5.87. The lowest BCUT2D eigenvalue weighted by molar-refractivity contribution is -0.384. The van der Waals surface area contributed by atoms with Gasteiger partial charge in [-0.05, 0) is 19.4 Å². The van der Waals surface area contributed by atoms with E-state index in [1.54, 1.807) is 19.9 Å². The summed E-state index contributed by atoms with van der Waals surface area (Å²) in [6.07, 6.45) is 0. The predicted octanol–water partition coefficient (Wildman–Crippen LogP) is 1.37. The van der Waals surface area contributed by atoms with E-state index in [1.807, 2.05) is 0 Å². The molecule has 0 saturated heterocycles. The van der Waals surface area contributed by atoms with E-state index in [0.717, 1.165) is 0 Å². The molecule has 0 bridgehead atoms. The molecule has 1 aromatic heterocycles. The summed E-state index contributed by atoms with van der Waals surface area (Å²) in [5.74, 6) is -1.47. The highest BCUT2D eigenvalue weighted by Gasteiger charge is 2.36. The topological polar surface area (TPSA) is 147 Å². The summed E-state index contributed by atoms with van der Waals surface area (Å²) in [5, 5.41) is 14.0. The monoisotopic (exact) mass is 372 g/mol. The summed E-state index contributed by atoms with van der Waals surface area (Å²) >= 11 is 0. The Kier molecular flexibility index (Phi) is 4.63. The van der Waals surface area contributed by atoms with Gasteiger partial charge in [-0.25, -0.2) is 9.59 Å². The molecular weight excluding hydrogens is 356 g/mol. The number of ether oxygens (including phenoxy) is 1. The van der Waals surface area contributed by atoms with E-state index < -0.39 is 28.1 Å². The number of nitro groups is 1. The number of rotatable bonds is 4. The molecule has 140 valence electrons. The molecule has 10 heteroatoms. The van der Waals surface area contributed by atoms with E-state index in [1.165, 1.54) is 18.2 Å². The normalized spacial score (nSPS) is 15.7. The highest BCUT2D eigenvalue weighted by atomic mass is 16.6. The maximum atomic E-state index is 12.6. The van der Waals surface area contributed by atoms with Crippen molar-refractivity contribution < 1.29 is 14.5 Å². The van der Waals surface area contributed by atoms with Gasteiger partial charge in [0.2, 0.25) is 0 Å². The largest absolute Gasteiger partial charge is 0.463 e. The van der Waals surface area contributed by atoms with Crippen LogP contribution < -0.4 is 16.6 Å². The van der Waals surface area contributed by atoms with Crippen molar-refractivity contribution in [3.63, 3.8) is 0 Å². The van der Waals surface area contributed by atoms with Crippen LogP contribution in [0.2, 0.25) is 0 Å². The van der Waals surface area contributed by atoms with Crippen molar-refractivity contribution in [2.45, 2.75) is 19.8 Å². The van der Waals surface area contributed by atoms with E-state index in [-0.39, 0.29) is 29.2 Å². The van der Waals surface area contributed by atoms with Gasteiger partial charge in [0.25, 0.3) is 11.2 Å². The van der Waals surface area contributed by atoms with Crippen LogP contribution in [0.3, 0.4) is 0 Å². The standard InChI is InChI=1S/C17H16N4O6/c1-3-27-16(23)11-8(2)18-14-13(15(22)20-17(24)19-14)12(11)9-5-4-6-10(7-9)21(25)26/h4-7,12H,3H2,1-2H3,(H3,18,19,20,22,24)/t12-/m0/s1. The van der Waals surface area contributed by atoms with Crippen LogP contribution >= 0.6 is 0 Å². The van der Waals surface area contributed by atoms with Crippen LogP contribution in [0.5, 0.6) is 0 Å². The molecule has 1 aliphatic rings.